The van der Waals surface area contributed by atoms with Crippen LogP contribution in [0.4, 0.5) is 13.2 Å². The van der Waals surface area contributed by atoms with Crippen LogP contribution in [0.2, 0.25) is 5.02 Å². The lowest BCUT2D eigenvalue weighted by Crippen LogP contribution is -2.24. The van der Waals surface area contributed by atoms with Crippen molar-refractivity contribution in [1.29, 1.82) is 0 Å². The van der Waals surface area contributed by atoms with Crippen molar-refractivity contribution >= 4 is 23.2 Å². The fourth-order valence-electron chi connectivity index (χ4n) is 2.36. The van der Waals surface area contributed by atoms with Crippen LogP contribution in [0.3, 0.4) is 0 Å². The molecule has 0 aliphatic rings. The Hall–Kier alpha value is -2.81. The predicted molar refractivity (Wildman–Crippen MR) is 87.0 cm³/mol. The molecule has 2 aromatic heterocycles. The zero-order valence-electron chi connectivity index (χ0n) is 13.3. The van der Waals surface area contributed by atoms with Crippen molar-refractivity contribution in [3.05, 3.63) is 58.0 Å². The summed E-state index contributed by atoms with van der Waals surface area (Å²) in [5.41, 5.74) is -0.101. The molecule has 2 N–H and O–H groups in total. The van der Waals surface area contributed by atoms with E-state index in [1.807, 2.05) is 0 Å². The molecular weight excluding hydrogens is 373 g/mol. The highest BCUT2D eigenvalue weighted by atomic mass is 35.5. The standard InChI is InChI=1S/C16H12ClF3N4O2/c1-8-2-3-12(25)10(4-8)15(26)21-6-13-22-23-14-11(17)5-9(7-24(13)14)16(18,19)20/h2-5,7,25H,6H2,1H3,(H,21,26). The fraction of sp³-hybridized carbons (Fsp3) is 0.188. The van der Waals surface area contributed by atoms with Gasteiger partial charge in [-0.1, -0.05) is 23.2 Å². The van der Waals surface area contributed by atoms with Crippen molar-refractivity contribution in [1.82, 2.24) is 19.9 Å². The summed E-state index contributed by atoms with van der Waals surface area (Å²) in [5.74, 6) is -0.740. The third-order valence-corrected chi connectivity index (χ3v) is 3.94. The van der Waals surface area contributed by atoms with E-state index in [4.69, 9.17) is 11.6 Å². The lowest BCUT2D eigenvalue weighted by Gasteiger charge is -2.10. The molecule has 0 bridgehead atoms. The van der Waals surface area contributed by atoms with Gasteiger partial charge >= 0.3 is 6.18 Å². The number of benzene rings is 1. The Kier molecular flexibility index (Phi) is 4.49. The van der Waals surface area contributed by atoms with Gasteiger partial charge in [0.25, 0.3) is 5.91 Å². The van der Waals surface area contributed by atoms with Gasteiger partial charge in [0.1, 0.15) is 5.75 Å². The van der Waals surface area contributed by atoms with Crippen LogP contribution in [-0.2, 0) is 12.7 Å². The van der Waals surface area contributed by atoms with Crippen LogP contribution in [-0.4, -0.2) is 25.6 Å². The van der Waals surface area contributed by atoms with Gasteiger partial charge in [0.2, 0.25) is 0 Å². The summed E-state index contributed by atoms with van der Waals surface area (Å²) < 4.78 is 39.9. The number of nitrogens with one attached hydrogen (secondary N) is 1. The molecule has 26 heavy (non-hydrogen) atoms. The molecule has 0 saturated carbocycles. The number of halogens is 4. The monoisotopic (exact) mass is 384 g/mol. The predicted octanol–water partition coefficient (Wildman–Crippen LogP) is 3.35. The van der Waals surface area contributed by atoms with Crippen LogP contribution in [0.15, 0.2) is 30.5 Å². The van der Waals surface area contributed by atoms with E-state index in [1.54, 1.807) is 13.0 Å². The van der Waals surface area contributed by atoms with Crippen LogP contribution in [0.1, 0.15) is 27.3 Å². The van der Waals surface area contributed by atoms with Gasteiger partial charge in [0.15, 0.2) is 11.5 Å². The number of fused-ring (bicyclic) bond motifs is 1. The molecule has 0 aliphatic carbocycles. The summed E-state index contributed by atoms with van der Waals surface area (Å²) in [4.78, 5) is 12.2. The summed E-state index contributed by atoms with van der Waals surface area (Å²) in [5, 5.41) is 19.6. The van der Waals surface area contributed by atoms with Gasteiger partial charge < -0.3 is 10.4 Å². The lowest BCUT2D eigenvalue weighted by atomic mass is 10.1. The minimum absolute atomic E-state index is 0.0438. The number of pyridine rings is 1. The molecule has 3 aromatic rings. The molecule has 0 aliphatic heterocycles. The van der Waals surface area contributed by atoms with Gasteiger partial charge in [-0.2, -0.15) is 13.2 Å². The minimum Gasteiger partial charge on any atom is -0.507 e. The van der Waals surface area contributed by atoms with Crippen molar-refractivity contribution in [2.75, 3.05) is 0 Å². The molecule has 10 heteroatoms. The second kappa shape index (κ2) is 6.49. The van der Waals surface area contributed by atoms with Gasteiger partial charge in [-0.15, -0.1) is 10.2 Å². The van der Waals surface area contributed by atoms with Crippen molar-refractivity contribution in [3.8, 4) is 5.75 Å². The number of phenolic OH excluding ortho intramolecular Hbond substituents is 1. The Morgan fingerprint density at radius 1 is 1.31 bits per heavy atom. The third-order valence-electron chi connectivity index (χ3n) is 3.66. The van der Waals surface area contributed by atoms with E-state index in [-0.39, 0.29) is 34.4 Å². The number of alkyl halides is 3. The van der Waals surface area contributed by atoms with E-state index in [0.29, 0.717) is 0 Å². The Morgan fingerprint density at radius 3 is 2.73 bits per heavy atom. The number of aryl methyl sites for hydroxylation is 1. The van der Waals surface area contributed by atoms with Crippen LogP contribution in [0, 0.1) is 6.92 Å². The first-order valence-corrected chi connectivity index (χ1v) is 7.73. The molecule has 136 valence electrons. The van der Waals surface area contributed by atoms with Crippen LogP contribution in [0.25, 0.3) is 5.65 Å². The van der Waals surface area contributed by atoms with E-state index >= 15 is 0 Å². The first-order chi connectivity index (χ1) is 12.2. The average Bonchev–Trinajstić information content (AvgIpc) is 2.97. The van der Waals surface area contributed by atoms with Gasteiger partial charge in [0, 0.05) is 6.20 Å². The molecule has 0 atom stereocenters. The van der Waals surface area contributed by atoms with Crippen LogP contribution >= 0.6 is 11.6 Å². The highest BCUT2D eigenvalue weighted by molar-refractivity contribution is 6.33. The quantitative estimate of drug-likeness (QED) is 0.726. The number of carbonyl (C=O) groups excluding carboxylic acids is 1. The van der Waals surface area contributed by atoms with Crippen LogP contribution in [0.5, 0.6) is 5.75 Å². The third kappa shape index (κ3) is 3.43. The summed E-state index contributed by atoms with van der Waals surface area (Å²) in [7, 11) is 0. The van der Waals surface area contributed by atoms with E-state index in [9.17, 15) is 23.1 Å². The number of aromatic hydroxyl groups is 1. The fourth-order valence-corrected chi connectivity index (χ4v) is 2.61. The second-order valence-corrected chi connectivity index (χ2v) is 5.99. The van der Waals surface area contributed by atoms with Gasteiger partial charge in [-0.3, -0.25) is 9.20 Å². The molecule has 2 heterocycles. The zero-order chi connectivity index (χ0) is 19.1. The number of phenols is 1. The topological polar surface area (TPSA) is 79.5 Å². The van der Waals surface area contributed by atoms with Gasteiger partial charge in [-0.25, -0.2) is 0 Å². The Balaban J connectivity index is 1.88. The molecule has 0 unspecified atom stereocenters. The Bertz CT molecular complexity index is 1000. The molecule has 1 aromatic carbocycles. The first kappa shape index (κ1) is 18.0. The highest BCUT2D eigenvalue weighted by Gasteiger charge is 2.32. The lowest BCUT2D eigenvalue weighted by molar-refractivity contribution is -0.137. The molecule has 3 rings (SSSR count). The second-order valence-electron chi connectivity index (χ2n) is 5.59. The number of rotatable bonds is 3. The van der Waals surface area contributed by atoms with E-state index in [0.717, 1.165) is 22.2 Å². The van der Waals surface area contributed by atoms with Gasteiger partial charge in [0.05, 0.1) is 22.7 Å². The minimum atomic E-state index is -4.59. The highest BCUT2D eigenvalue weighted by Crippen LogP contribution is 2.32. The number of aromatic nitrogens is 3. The molecule has 1 amide bonds. The van der Waals surface area contributed by atoms with E-state index in [2.05, 4.69) is 15.5 Å². The summed E-state index contributed by atoms with van der Waals surface area (Å²) in [6, 6.07) is 5.27. The Labute approximate surface area is 150 Å². The zero-order valence-corrected chi connectivity index (χ0v) is 14.1. The summed E-state index contributed by atoms with van der Waals surface area (Å²) in [6.45, 7) is 1.55. The van der Waals surface area contributed by atoms with Crippen molar-refractivity contribution < 1.29 is 23.1 Å². The molecule has 0 fully saturated rings. The first-order valence-electron chi connectivity index (χ1n) is 7.35. The van der Waals surface area contributed by atoms with E-state index < -0.39 is 17.6 Å². The van der Waals surface area contributed by atoms with Crippen LogP contribution < -0.4 is 5.32 Å². The number of amides is 1. The summed E-state index contributed by atoms with van der Waals surface area (Å²) in [6.07, 6.45) is -3.77. The maximum absolute atomic E-state index is 12.9. The molecule has 0 saturated heterocycles. The smallest absolute Gasteiger partial charge is 0.417 e. The van der Waals surface area contributed by atoms with Crippen molar-refractivity contribution in [2.45, 2.75) is 19.6 Å². The number of nitrogens with zero attached hydrogens (tertiary/aromatic N) is 3. The Morgan fingerprint density at radius 2 is 2.04 bits per heavy atom. The van der Waals surface area contributed by atoms with E-state index in [1.165, 1.54) is 12.1 Å². The number of carbonyl (C=O) groups is 1. The maximum atomic E-state index is 12.9. The normalized spacial score (nSPS) is 11.7. The molecular formula is C16H12ClF3N4O2. The molecule has 0 spiro atoms. The molecule has 0 radical (unpaired) electrons. The van der Waals surface area contributed by atoms with Crippen molar-refractivity contribution in [3.63, 3.8) is 0 Å². The molecule has 6 nitrogen and oxygen atoms in total. The number of hydrogen-bond acceptors (Lipinski definition) is 4. The van der Waals surface area contributed by atoms with Gasteiger partial charge in [-0.05, 0) is 25.1 Å². The maximum Gasteiger partial charge on any atom is 0.417 e. The van der Waals surface area contributed by atoms with Crippen molar-refractivity contribution in [2.24, 2.45) is 0 Å². The summed E-state index contributed by atoms with van der Waals surface area (Å²) >= 11 is 5.83. The SMILES string of the molecule is Cc1ccc(O)c(C(=O)NCc2nnc3c(Cl)cc(C(F)(F)F)cn23)c1. The number of hydrogen-bond donors (Lipinski definition) is 2. The largest absolute Gasteiger partial charge is 0.507 e. The average molecular weight is 385 g/mol.